The minimum Gasteiger partial charge on any atom is -0.339 e. The highest BCUT2D eigenvalue weighted by Gasteiger charge is 2.28. The number of aryl methyl sites for hydroxylation is 1. The maximum absolute atomic E-state index is 12.5. The van der Waals surface area contributed by atoms with Gasteiger partial charge in [-0.05, 0) is 24.3 Å². The maximum atomic E-state index is 12.5. The molecule has 28 heavy (non-hydrogen) atoms. The van der Waals surface area contributed by atoms with Crippen LogP contribution in [0.3, 0.4) is 0 Å². The molecule has 0 radical (unpaired) electrons. The maximum Gasteiger partial charge on any atom is 0.246 e. The second-order valence-corrected chi connectivity index (χ2v) is 6.45. The standard InChI is InChI=1S/C20H19N5O3/c26-18(9-8-17-22-20(23-28-17)15-5-4-10-21-13-15)24-11-12-25(19(27)14-24)16-6-2-1-3-7-16/h1-7,10,13H,8-9,11-12,14H2. The van der Waals surface area contributed by atoms with Gasteiger partial charge in [0.05, 0.1) is 0 Å². The molecule has 0 saturated carbocycles. The number of aromatic nitrogens is 3. The number of carbonyl (C=O) groups is 2. The SMILES string of the molecule is O=C(CCc1nc(-c2cccnc2)no1)N1CCN(c2ccccc2)C(=O)C1. The molecule has 0 N–H and O–H groups in total. The number of piperazine rings is 1. The number of pyridine rings is 1. The monoisotopic (exact) mass is 377 g/mol. The zero-order valence-electron chi connectivity index (χ0n) is 15.2. The van der Waals surface area contributed by atoms with Crippen molar-refractivity contribution >= 4 is 17.5 Å². The molecule has 8 nitrogen and oxygen atoms in total. The van der Waals surface area contributed by atoms with Crippen LogP contribution in [0.5, 0.6) is 0 Å². The molecule has 1 fully saturated rings. The number of carbonyl (C=O) groups excluding carboxylic acids is 2. The van der Waals surface area contributed by atoms with Gasteiger partial charge in [0.1, 0.15) is 6.54 Å². The predicted octanol–water partition coefficient (Wildman–Crippen LogP) is 1.94. The highest BCUT2D eigenvalue weighted by atomic mass is 16.5. The van der Waals surface area contributed by atoms with E-state index in [0.717, 1.165) is 11.3 Å². The first-order valence-corrected chi connectivity index (χ1v) is 9.07. The number of para-hydroxylation sites is 1. The third-order valence-electron chi connectivity index (χ3n) is 4.58. The summed E-state index contributed by atoms with van der Waals surface area (Å²) in [7, 11) is 0. The Balaban J connectivity index is 1.32. The van der Waals surface area contributed by atoms with Crippen molar-refractivity contribution in [3.8, 4) is 11.4 Å². The van der Waals surface area contributed by atoms with E-state index in [1.165, 1.54) is 0 Å². The Morgan fingerprint density at radius 1 is 1.11 bits per heavy atom. The first-order chi connectivity index (χ1) is 13.7. The molecule has 1 aliphatic rings. The van der Waals surface area contributed by atoms with E-state index in [1.807, 2.05) is 36.4 Å². The van der Waals surface area contributed by atoms with Crippen molar-refractivity contribution in [3.63, 3.8) is 0 Å². The summed E-state index contributed by atoms with van der Waals surface area (Å²) in [4.78, 5) is 36.5. The topological polar surface area (TPSA) is 92.4 Å². The minimum atomic E-state index is -0.0952. The molecule has 0 spiro atoms. The average molecular weight is 377 g/mol. The average Bonchev–Trinajstić information content (AvgIpc) is 3.22. The first kappa shape index (κ1) is 17.8. The van der Waals surface area contributed by atoms with Crippen LogP contribution in [0.15, 0.2) is 59.4 Å². The van der Waals surface area contributed by atoms with Gasteiger partial charge in [0.25, 0.3) is 0 Å². The molecule has 3 heterocycles. The number of hydrogen-bond donors (Lipinski definition) is 0. The van der Waals surface area contributed by atoms with Gasteiger partial charge in [-0.15, -0.1) is 0 Å². The van der Waals surface area contributed by atoms with Crippen LogP contribution in [0.1, 0.15) is 12.3 Å². The number of amides is 2. The molecule has 1 aliphatic heterocycles. The van der Waals surface area contributed by atoms with E-state index in [9.17, 15) is 9.59 Å². The molecule has 142 valence electrons. The second kappa shape index (κ2) is 7.99. The lowest BCUT2D eigenvalue weighted by Gasteiger charge is -2.34. The smallest absolute Gasteiger partial charge is 0.246 e. The van der Waals surface area contributed by atoms with E-state index in [2.05, 4.69) is 15.1 Å². The molecule has 0 aliphatic carbocycles. The van der Waals surface area contributed by atoms with Crippen molar-refractivity contribution in [2.45, 2.75) is 12.8 Å². The van der Waals surface area contributed by atoms with Crippen LogP contribution in [-0.2, 0) is 16.0 Å². The fourth-order valence-corrected chi connectivity index (χ4v) is 3.11. The van der Waals surface area contributed by atoms with Gasteiger partial charge in [-0.25, -0.2) is 0 Å². The van der Waals surface area contributed by atoms with Gasteiger partial charge in [0.2, 0.25) is 23.5 Å². The van der Waals surface area contributed by atoms with Gasteiger partial charge in [-0.3, -0.25) is 14.6 Å². The Kier molecular flexibility index (Phi) is 5.09. The van der Waals surface area contributed by atoms with E-state index >= 15 is 0 Å². The van der Waals surface area contributed by atoms with Crippen LogP contribution in [0.4, 0.5) is 5.69 Å². The van der Waals surface area contributed by atoms with E-state index in [4.69, 9.17) is 4.52 Å². The van der Waals surface area contributed by atoms with Gasteiger partial charge < -0.3 is 14.3 Å². The molecule has 0 unspecified atom stereocenters. The molecule has 0 atom stereocenters. The Morgan fingerprint density at radius 2 is 1.96 bits per heavy atom. The van der Waals surface area contributed by atoms with E-state index < -0.39 is 0 Å². The Morgan fingerprint density at radius 3 is 2.71 bits per heavy atom. The molecule has 8 heteroatoms. The van der Waals surface area contributed by atoms with Crippen LogP contribution >= 0.6 is 0 Å². The van der Waals surface area contributed by atoms with Crippen LogP contribution in [0.2, 0.25) is 0 Å². The van der Waals surface area contributed by atoms with Crippen molar-refractivity contribution < 1.29 is 14.1 Å². The van der Waals surface area contributed by atoms with Crippen molar-refractivity contribution in [2.75, 3.05) is 24.5 Å². The van der Waals surface area contributed by atoms with Gasteiger partial charge in [0.15, 0.2) is 0 Å². The highest BCUT2D eigenvalue weighted by Crippen LogP contribution is 2.18. The normalized spacial score (nSPS) is 14.4. The molecule has 1 aromatic carbocycles. The first-order valence-electron chi connectivity index (χ1n) is 9.07. The lowest BCUT2D eigenvalue weighted by molar-refractivity contribution is -0.136. The Hall–Kier alpha value is -3.55. The van der Waals surface area contributed by atoms with Crippen LogP contribution in [-0.4, -0.2) is 51.5 Å². The summed E-state index contributed by atoms with van der Waals surface area (Å²) in [5.41, 5.74) is 1.61. The van der Waals surface area contributed by atoms with Crippen molar-refractivity contribution in [2.24, 2.45) is 0 Å². The lowest BCUT2D eigenvalue weighted by atomic mass is 10.2. The van der Waals surface area contributed by atoms with E-state index in [1.54, 1.807) is 28.3 Å². The summed E-state index contributed by atoms with van der Waals surface area (Å²) >= 11 is 0. The summed E-state index contributed by atoms with van der Waals surface area (Å²) in [5.74, 6) is 0.660. The zero-order valence-corrected chi connectivity index (χ0v) is 15.2. The summed E-state index contributed by atoms with van der Waals surface area (Å²) in [5, 5.41) is 3.92. The predicted molar refractivity (Wildman–Crippen MR) is 101 cm³/mol. The molecule has 3 aromatic rings. The van der Waals surface area contributed by atoms with Gasteiger partial charge in [0, 0.05) is 49.6 Å². The van der Waals surface area contributed by atoms with Crippen molar-refractivity contribution in [1.29, 1.82) is 0 Å². The van der Waals surface area contributed by atoms with Crippen LogP contribution in [0.25, 0.3) is 11.4 Å². The number of hydrogen-bond acceptors (Lipinski definition) is 6. The van der Waals surface area contributed by atoms with Gasteiger partial charge in [-0.2, -0.15) is 4.98 Å². The summed E-state index contributed by atoms with van der Waals surface area (Å²) in [6.07, 6.45) is 3.87. The molecule has 2 amide bonds. The number of nitrogens with zero attached hydrogens (tertiary/aromatic N) is 5. The summed E-state index contributed by atoms with van der Waals surface area (Å²) in [6, 6.07) is 13.1. The fourth-order valence-electron chi connectivity index (χ4n) is 3.11. The van der Waals surface area contributed by atoms with E-state index in [0.29, 0.717) is 31.2 Å². The number of anilines is 1. The zero-order chi connectivity index (χ0) is 19.3. The Bertz CT molecular complexity index is 958. The van der Waals surface area contributed by atoms with Crippen LogP contribution in [0, 0.1) is 0 Å². The van der Waals surface area contributed by atoms with Crippen molar-refractivity contribution in [3.05, 3.63) is 60.7 Å². The minimum absolute atomic E-state index is 0.0811. The summed E-state index contributed by atoms with van der Waals surface area (Å²) < 4.78 is 5.22. The molecular formula is C20H19N5O3. The van der Waals surface area contributed by atoms with E-state index in [-0.39, 0.29) is 24.8 Å². The fraction of sp³-hybridized carbons (Fsp3) is 0.250. The molecule has 2 aromatic heterocycles. The third kappa shape index (κ3) is 3.90. The molecule has 4 rings (SSSR count). The number of rotatable bonds is 5. The van der Waals surface area contributed by atoms with Gasteiger partial charge >= 0.3 is 0 Å². The summed E-state index contributed by atoms with van der Waals surface area (Å²) in [6.45, 7) is 1.07. The quantitative estimate of drug-likeness (QED) is 0.675. The van der Waals surface area contributed by atoms with Crippen LogP contribution < -0.4 is 4.90 Å². The third-order valence-corrected chi connectivity index (χ3v) is 4.58. The Labute approximate surface area is 161 Å². The highest BCUT2D eigenvalue weighted by molar-refractivity contribution is 5.97. The van der Waals surface area contributed by atoms with Gasteiger partial charge in [-0.1, -0.05) is 23.4 Å². The molecule has 0 bridgehead atoms. The molecular weight excluding hydrogens is 358 g/mol. The lowest BCUT2D eigenvalue weighted by Crippen LogP contribution is -2.52. The largest absolute Gasteiger partial charge is 0.339 e. The van der Waals surface area contributed by atoms with Crippen molar-refractivity contribution in [1.82, 2.24) is 20.0 Å². The second-order valence-electron chi connectivity index (χ2n) is 6.45. The molecule has 1 saturated heterocycles. The number of benzene rings is 1.